The van der Waals surface area contributed by atoms with Crippen molar-refractivity contribution in [3.63, 3.8) is 0 Å². The van der Waals surface area contributed by atoms with E-state index < -0.39 is 12.0 Å². The molecule has 1 N–H and O–H groups in total. The molecule has 2 heterocycles. The Balaban J connectivity index is 1.24. The van der Waals surface area contributed by atoms with Crippen LogP contribution < -0.4 is 19.9 Å². The standard InChI is InChI=1S/C36H42FN5O5S/c1-3-24-47-31-16-10-28(11-17-31)38-33(43)25-32-34(44)42(30-12-6-26(7-13-30)35(45)46-4-2)36(48)41(32)19-5-18-39-20-22-40(23-21-39)29-14-8-27(37)9-15-29/h6-17,32H,3-5,18-25H2,1-2H3,(H,38,43)/t32-/m0/s1. The minimum absolute atomic E-state index is 0.0825. The van der Waals surface area contributed by atoms with Gasteiger partial charge in [-0.2, -0.15) is 0 Å². The fraction of sp³-hybridized carbons (Fsp3) is 0.389. The van der Waals surface area contributed by atoms with Crippen molar-refractivity contribution in [3.8, 4) is 5.75 Å². The van der Waals surface area contributed by atoms with Gasteiger partial charge in [0.1, 0.15) is 17.6 Å². The molecule has 10 nitrogen and oxygen atoms in total. The van der Waals surface area contributed by atoms with Crippen LogP contribution in [0, 0.1) is 5.82 Å². The molecule has 5 rings (SSSR count). The van der Waals surface area contributed by atoms with Gasteiger partial charge in [-0.1, -0.05) is 6.92 Å². The molecule has 48 heavy (non-hydrogen) atoms. The number of piperazine rings is 1. The number of anilines is 3. The maximum absolute atomic E-state index is 13.9. The zero-order valence-electron chi connectivity index (χ0n) is 27.4. The van der Waals surface area contributed by atoms with Crippen molar-refractivity contribution >= 4 is 52.2 Å². The number of thiocarbonyl (C=S) groups is 1. The van der Waals surface area contributed by atoms with Gasteiger partial charge in [0.2, 0.25) is 5.91 Å². The van der Waals surface area contributed by atoms with E-state index in [1.54, 1.807) is 67.6 Å². The van der Waals surface area contributed by atoms with Gasteiger partial charge in [-0.25, -0.2) is 9.18 Å². The van der Waals surface area contributed by atoms with E-state index in [-0.39, 0.29) is 30.7 Å². The van der Waals surface area contributed by atoms with Gasteiger partial charge in [-0.15, -0.1) is 0 Å². The first-order valence-corrected chi connectivity index (χ1v) is 16.9. The van der Waals surface area contributed by atoms with Crippen LogP contribution in [-0.2, 0) is 14.3 Å². The van der Waals surface area contributed by atoms with Crippen LogP contribution in [-0.4, -0.2) is 91.2 Å². The lowest BCUT2D eigenvalue weighted by Gasteiger charge is -2.36. The van der Waals surface area contributed by atoms with E-state index in [1.807, 2.05) is 11.8 Å². The third-order valence-corrected chi connectivity index (χ3v) is 8.80. The molecule has 2 saturated heterocycles. The Hall–Kier alpha value is -4.55. The van der Waals surface area contributed by atoms with E-state index in [9.17, 15) is 18.8 Å². The second-order valence-corrected chi connectivity index (χ2v) is 12.1. The Labute approximate surface area is 286 Å². The van der Waals surface area contributed by atoms with Crippen molar-refractivity contribution in [3.05, 3.63) is 84.2 Å². The Kier molecular flexibility index (Phi) is 12.0. The quantitative estimate of drug-likeness (QED) is 0.180. The zero-order valence-corrected chi connectivity index (χ0v) is 28.2. The van der Waals surface area contributed by atoms with Gasteiger partial charge in [0.15, 0.2) is 5.11 Å². The van der Waals surface area contributed by atoms with Gasteiger partial charge in [-0.3, -0.25) is 19.4 Å². The average molecular weight is 676 g/mol. The predicted molar refractivity (Wildman–Crippen MR) is 188 cm³/mol. The summed E-state index contributed by atoms with van der Waals surface area (Å²) in [6, 6.07) is 19.5. The molecule has 2 aliphatic heterocycles. The van der Waals surface area contributed by atoms with E-state index in [1.165, 1.54) is 17.0 Å². The number of amides is 2. The lowest BCUT2D eigenvalue weighted by Crippen LogP contribution is -2.47. The lowest BCUT2D eigenvalue weighted by atomic mass is 10.1. The summed E-state index contributed by atoms with van der Waals surface area (Å²) in [5.74, 6) is -0.571. The Morgan fingerprint density at radius 3 is 2.21 bits per heavy atom. The van der Waals surface area contributed by atoms with Crippen LogP contribution in [0.5, 0.6) is 5.75 Å². The molecular weight excluding hydrogens is 633 g/mol. The fourth-order valence-corrected chi connectivity index (χ4v) is 6.29. The molecule has 0 unspecified atom stereocenters. The van der Waals surface area contributed by atoms with Crippen molar-refractivity contribution in [2.45, 2.75) is 39.2 Å². The van der Waals surface area contributed by atoms with E-state index in [0.29, 0.717) is 35.2 Å². The molecule has 2 fully saturated rings. The summed E-state index contributed by atoms with van der Waals surface area (Å²) in [6.07, 6.45) is 1.55. The van der Waals surface area contributed by atoms with Gasteiger partial charge in [0.25, 0.3) is 5.91 Å². The number of ether oxygens (including phenoxy) is 2. The molecule has 3 aromatic rings. The number of carbonyl (C=O) groups excluding carboxylic acids is 3. The zero-order chi connectivity index (χ0) is 34.0. The maximum atomic E-state index is 13.9. The molecular formula is C36H42FN5O5S. The SMILES string of the molecule is CCCOc1ccc(NC(=O)C[C@H]2C(=O)N(c3ccc(C(=O)OCC)cc3)C(=S)N2CCCN2CCN(c3ccc(F)cc3)CC2)cc1. The average Bonchev–Trinajstić information content (AvgIpc) is 3.32. The smallest absolute Gasteiger partial charge is 0.338 e. The molecule has 0 bridgehead atoms. The minimum Gasteiger partial charge on any atom is -0.494 e. The number of esters is 1. The summed E-state index contributed by atoms with van der Waals surface area (Å²) in [5, 5.41) is 3.22. The normalized spacial score (nSPS) is 16.7. The largest absolute Gasteiger partial charge is 0.494 e. The summed E-state index contributed by atoms with van der Waals surface area (Å²) in [5.41, 5.74) is 2.51. The van der Waals surface area contributed by atoms with Gasteiger partial charge in [-0.05, 0) is 111 Å². The topological polar surface area (TPSA) is 94.7 Å². The summed E-state index contributed by atoms with van der Waals surface area (Å²) < 4.78 is 24.1. The van der Waals surface area contributed by atoms with Gasteiger partial charge < -0.3 is 24.6 Å². The molecule has 254 valence electrons. The summed E-state index contributed by atoms with van der Waals surface area (Å²) >= 11 is 5.85. The molecule has 1 atom stereocenters. The van der Waals surface area contributed by atoms with Crippen molar-refractivity contribution in [1.82, 2.24) is 9.80 Å². The Morgan fingerprint density at radius 2 is 1.56 bits per heavy atom. The van der Waals surface area contributed by atoms with Crippen LogP contribution in [0.3, 0.4) is 0 Å². The number of nitrogens with one attached hydrogen (secondary N) is 1. The second kappa shape index (κ2) is 16.5. The molecule has 0 saturated carbocycles. The third kappa shape index (κ3) is 8.67. The van der Waals surface area contributed by atoms with Crippen LogP contribution >= 0.6 is 12.2 Å². The number of halogens is 1. The highest BCUT2D eigenvalue weighted by molar-refractivity contribution is 7.80. The number of hydrogen-bond acceptors (Lipinski definition) is 8. The number of benzene rings is 3. The van der Waals surface area contributed by atoms with Crippen LogP contribution in [0.1, 0.15) is 43.5 Å². The fourth-order valence-electron chi connectivity index (χ4n) is 5.87. The van der Waals surface area contributed by atoms with Crippen molar-refractivity contribution in [2.75, 3.05) is 67.6 Å². The summed E-state index contributed by atoms with van der Waals surface area (Å²) in [7, 11) is 0. The monoisotopic (exact) mass is 675 g/mol. The molecule has 0 aliphatic carbocycles. The van der Waals surface area contributed by atoms with E-state index in [0.717, 1.165) is 57.0 Å². The first-order chi connectivity index (χ1) is 23.3. The second-order valence-electron chi connectivity index (χ2n) is 11.7. The van der Waals surface area contributed by atoms with Crippen LogP contribution in [0.25, 0.3) is 0 Å². The molecule has 0 spiro atoms. The van der Waals surface area contributed by atoms with Crippen molar-refractivity contribution in [2.24, 2.45) is 0 Å². The molecule has 3 aromatic carbocycles. The maximum Gasteiger partial charge on any atom is 0.338 e. The first-order valence-electron chi connectivity index (χ1n) is 16.4. The summed E-state index contributed by atoms with van der Waals surface area (Å²) in [6.45, 7) is 9.29. The van der Waals surface area contributed by atoms with Crippen molar-refractivity contribution < 1.29 is 28.2 Å². The highest BCUT2D eigenvalue weighted by Crippen LogP contribution is 2.29. The molecule has 2 aliphatic rings. The highest BCUT2D eigenvalue weighted by Gasteiger charge is 2.44. The molecule has 2 amide bonds. The number of hydrogen-bond donors (Lipinski definition) is 1. The van der Waals surface area contributed by atoms with Crippen LogP contribution in [0.2, 0.25) is 0 Å². The molecule has 12 heteroatoms. The van der Waals surface area contributed by atoms with Gasteiger partial charge in [0.05, 0.1) is 30.9 Å². The molecule has 0 radical (unpaired) electrons. The Bertz CT molecular complexity index is 1560. The molecule has 0 aromatic heterocycles. The number of rotatable bonds is 14. The van der Waals surface area contributed by atoms with E-state index >= 15 is 0 Å². The number of nitrogens with zero attached hydrogens (tertiary/aromatic N) is 4. The van der Waals surface area contributed by atoms with Gasteiger partial charge in [0, 0.05) is 44.1 Å². The predicted octanol–water partition coefficient (Wildman–Crippen LogP) is 5.33. The highest BCUT2D eigenvalue weighted by atomic mass is 32.1. The van der Waals surface area contributed by atoms with Gasteiger partial charge >= 0.3 is 5.97 Å². The van der Waals surface area contributed by atoms with E-state index in [4.69, 9.17) is 21.7 Å². The lowest BCUT2D eigenvalue weighted by molar-refractivity contribution is -0.124. The minimum atomic E-state index is -0.787. The van der Waals surface area contributed by atoms with Crippen molar-refractivity contribution in [1.29, 1.82) is 0 Å². The third-order valence-electron chi connectivity index (χ3n) is 8.38. The Morgan fingerprint density at radius 1 is 0.896 bits per heavy atom. The van der Waals surface area contributed by atoms with Crippen LogP contribution in [0.4, 0.5) is 21.5 Å². The van der Waals surface area contributed by atoms with Crippen LogP contribution in [0.15, 0.2) is 72.8 Å². The van der Waals surface area contributed by atoms with E-state index in [2.05, 4.69) is 15.1 Å². The summed E-state index contributed by atoms with van der Waals surface area (Å²) in [4.78, 5) is 47.3. The number of carbonyl (C=O) groups is 3. The first kappa shape index (κ1) is 34.8.